The predicted octanol–water partition coefficient (Wildman–Crippen LogP) is 2.77. The zero-order valence-electron chi connectivity index (χ0n) is 20.2. The molecule has 0 bridgehead atoms. The van der Waals surface area contributed by atoms with Crippen LogP contribution in [0.15, 0.2) is 42.5 Å². The number of hydrogen-bond donors (Lipinski definition) is 1. The first-order chi connectivity index (χ1) is 17.5. The Bertz CT molecular complexity index is 1190. The zero-order valence-corrected chi connectivity index (χ0v) is 20.2. The van der Waals surface area contributed by atoms with E-state index in [1.807, 2.05) is 0 Å². The molecular formula is C28H30N2O6. The van der Waals surface area contributed by atoms with Crippen LogP contribution >= 0.6 is 0 Å². The third kappa shape index (κ3) is 4.58. The molecule has 1 saturated carbocycles. The van der Waals surface area contributed by atoms with Crippen LogP contribution in [-0.4, -0.2) is 73.3 Å². The van der Waals surface area contributed by atoms with Crippen LogP contribution in [0.5, 0.6) is 0 Å². The lowest BCUT2D eigenvalue weighted by Gasteiger charge is -2.48. The quantitative estimate of drug-likeness (QED) is 0.530. The molecule has 1 heterocycles. The number of ketones is 2. The summed E-state index contributed by atoms with van der Waals surface area (Å²) in [6, 6.07) is 11.1. The maximum Gasteiger partial charge on any atom is 0.339 e. The molecule has 1 saturated heterocycles. The number of amides is 1. The van der Waals surface area contributed by atoms with Crippen molar-refractivity contribution in [2.45, 2.75) is 37.6 Å². The topological polar surface area (TPSA) is 102 Å². The van der Waals surface area contributed by atoms with Crippen LogP contribution in [0.1, 0.15) is 74.3 Å². The van der Waals surface area contributed by atoms with Crippen molar-refractivity contribution in [3.05, 3.63) is 70.3 Å². The van der Waals surface area contributed by atoms with E-state index in [-0.39, 0.29) is 39.5 Å². The Morgan fingerprint density at radius 2 is 1.56 bits per heavy atom. The molecule has 1 amide bonds. The largest absolute Gasteiger partial charge is 0.452 e. The lowest BCUT2D eigenvalue weighted by atomic mass is 9.79. The summed E-state index contributed by atoms with van der Waals surface area (Å²) in [5, 5.41) is 2.97. The summed E-state index contributed by atoms with van der Waals surface area (Å²) in [7, 11) is 0. The van der Waals surface area contributed by atoms with Gasteiger partial charge in [0.15, 0.2) is 18.2 Å². The minimum Gasteiger partial charge on any atom is -0.452 e. The molecule has 8 nitrogen and oxygen atoms in total. The molecular weight excluding hydrogens is 460 g/mol. The third-order valence-electron chi connectivity index (χ3n) is 7.59. The minimum atomic E-state index is -0.803. The monoisotopic (exact) mass is 490 g/mol. The van der Waals surface area contributed by atoms with Crippen molar-refractivity contribution in [2.75, 3.05) is 39.5 Å². The van der Waals surface area contributed by atoms with Gasteiger partial charge in [-0.05, 0) is 18.9 Å². The molecule has 0 atom stereocenters. The number of benzene rings is 2. The van der Waals surface area contributed by atoms with Gasteiger partial charge in [0, 0.05) is 47.4 Å². The molecule has 2 aliphatic carbocycles. The molecule has 36 heavy (non-hydrogen) atoms. The number of nitrogens with one attached hydrogen (secondary N) is 1. The van der Waals surface area contributed by atoms with Crippen molar-refractivity contribution in [2.24, 2.45) is 0 Å². The Balaban J connectivity index is 1.25. The van der Waals surface area contributed by atoms with Gasteiger partial charge in [0.05, 0.1) is 18.8 Å². The van der Waals surface area contributed by atoms with Crippen LogP contribution in [0.3, 0.4) is 0 Å². The van der Waals surface area contributed by atoms with Gasteiger partial charge in [-0.3, -0.25) is 19.3 Å². The summed E-state index contributed by atoms with van der Waals surface area (Å²) in [4.78, 5) is 54.0. The van der Waals surface area contributed by atoms with Crippen molar-refractivity contribution >= 4 is 23.4 Å². The number of nitrogens with zero attached hydrogens (tertiary/aromatic N) is 1. The van der Waals surface area contributed by atoms with Crippen LogP contribution in [0.2, 0.25) is 0 Å². The Kier molecular flexibility index (Phi) is 6.98. The Labute approximate surface area is 209 Å². The van der Waals surface area contributed by atoms with Crippen LogP contribution < -0.4 is 5.32 Å². The van der Waals surface area contributed by atoms with Gasteiger partial charge in [-0.1, -0.05) is 55.7 Å². The molecule has 188 valence electrons. The highest BCUT2D eigenvalue weighted by molar-refractivity contribution is 6.30. The van der Waals surface area contributed by atoms with Gasteiger partial charge in [0.1, 0.15) is 0 Å². The van der Waals surface area contributed by atoms with Crippen LogP contribution in [0, 0.1) is 0 Å². The number of carbonyl (C=O) groups excluding carboxylic acids is 4. The number of morpholine rings is 1. The second kappa shape index (κ2) is 10.3. The number of rotatable bonds is 6. The molecule has 3 aliphatic rings. The zero-order chi connectivity index (χ0) is 25.1. The first kappa shape index (κ1) is 24.3. The highest BCUT2D eigenvalue weighted by atomic mass is 16.5. The summed E-state index contributed by atoms with van der Waals surface area (Å²) in [5.74, 6) is -1.90. The number of ether oxygens (including phenoxy) is 2. The molecule has 5 rings (SSSR count). The molecule has 2 aromatic rings. The maximum atomic E-state index is 13.1. The SMILES string of the molecule is O=C(COC(=O)c1cccc2c1C(=O)c1ccccc1C2=O)NCC1(N2CCOCC2)CCCCC1. The van der Waals surface area contributed by atoms with E-state index in [1.165, 1.54) is 18.6 Å². The number of hydrogen-bond acceptors (Lipinski definition) is 7. The van der Waals surface area contributed by atoms with Crippen molar-refractivity contribution in [1.82, 2.24) is 10.2 Å². The Morgan fingerprint density at radius 1 is 0.889 bits per heavy atom. The second-order valence-electron chi connectivity index (χ2n) is 9.67. The molecule has 1 N–H and O–H groups in total. The average Bonchev–Trinajstić information content (AvgIpc) is 2.94. The molecule has 0 radical (unpaired) electrons. The highest BCUT2D eigenvalue weighted by Gasteiger charge is 2.39. The summed E-state index contributed by atoms with van der Waals surface area (Å²) in [6.45, 7) is 3.12. The van der Waals surface area contributed by atoms with Crippen molar-refractivity contribution in [3.8, 4) is 0 Å². The Hall–Kier alpha value is -3.36. The summed E-state index contributed by atoms with van der Waals surface area (Å²) in [6.07, 6.45) is 5.47. The molecule has 1 aliphatic heterocycles. The predicted molar refractivity (Wildman–Crippen MR) is 131 cm³/mol. The van der Waals surface area contributed by atoms with E-state index in [2.05, 4.69) is 10.2 Å². The van der Waals surface area contributed by atoms with Crippen molar-refractivity contribution in [3.63, 3.8) is 0 Å². The molecule has 0 aromatic heterocycles. The van der Waals surface area contributed by atoms with Gasteiger partial charge in [-0.15, -0.1) is 0 Å². The van der Waals surface area contributed by atoms with Crippen LogP contribution in [-0.2, 0) is 14.3 Å². The molecule has 2 aromatic carbocycles. The standard InChI is InChI=1S/C28H30N2O6/c31-23(29-18-28(11-4-1-5-12-28)30-13-15-35-16-14-30)17-36-27(34)22-10-6-9-21-24(22)26(33)20-8-3-2-7-19(20)25(21)32/h2-3,6-10H,1,4-5,11-18H2,(H,29,31). The first-order valence-electron chi connectivity index (χ1n) is 12.6. The van der Waals surface area contributed by atoms with E-state index in [0.717, 1.165) is 38.8 Å². The van der Waals surface area contributed by atoms with Crippen LogP contribution in [0.25, 0.3) is 0 Å². The van der Waals surface area contributed by atoms with E-state index < -0.39 is 18.4 Å². The lowest BCUT2D eigenvalue weighted by Crippen LogP contribution is -2.59. The van der Waals surface area contributed by atoms with Crippen molar-refractivity contribution < 1.29 is 28.7 Å². The summed E-state index contributed by atoms with van der Waals surface area (Å²) >= 11 is 0. The molecule has 2 fully saturated rings. The van der Waals surface area contributed by atoms with Gasteiger partial charge in [0.2, 0.25) is 0 Å². The van der Waals surface area contributed by atoms with E-state index in [9.17, 15) is 19.2 Å². The van der Waals surface area contributed by atoms with E-state index in [0.29, 0.717) is 25.3 Å². The summed E-state index contributed by atoms with van der Waals surface area (Å²) in [5.41, 5.74) is 0.666. The van der Waals surface area contributed by atoms with E-state index in [4.69, 9.17) is 9.47 Å². The molecule has 0 unspecified atom stereocenters. The maximum absolute atomic E-state index is 13.1. The summed E-state index contributed by atoms with van der Waals surface area (Å²) < 4.78 is 10.8. The smallest absolute Gasteiger partial charge is 0.339 e. The van der Waals surface area contributed by atoms with Crippen LogP contribution in [0.4, 0.5) is 0 Å². The van der Waals surface area contributed by atoms with Gasteiger partial charge < -0.3 is 14.8 Å². The van der Waals surface area contributed by atoms with Gasteiger partial charge in [-0.25, -0.2) is 4.79 Å². The van der Waals surface area contributed by atoms with Crippen molar-refractivity contribution in [1.29, 1.82) is 0 Å². The third-order valence-corrected chi connectivity index (χ3v) is 7.59. The van der Waals surface area contributed by atoms with Gasteiger partial charge in [0.25, 0.3) is 5.91 Å². The number of carbonyl (C=O) groups is 4. The minimum absolute atomic E-state index is 0.00906. The van der Waals surface area contributed by atoms with Gasteiger partial charge in [-0.2, -0.15) is 0 Å². The first-order valence-corrected chi connectivity index (χ1v) is 12.6. The molecule has 0 spiro atoms. The molecule has 8 heteroatoms. The second-order valence-corrected chi connectivity index (χ2v) is 9.67. The average molecular weight is 491 g/mol. The van der Waals surface area contributed by atoms with E-state index in [1.54, 1.807) is 30.3 Å². The van der Waals surface area contributed by atoms with E-state index >= 15 is 0 Å². The normalized spacial score (nSPS) is 19.2. The fourth-order valence-corrected chi connectivity index (χ4v) is 5.69. The highest BCUT2D eigenvalue weighted by Crippen LogP contribution is 2.34. The number of fused-ring (bicyclic) bond motifs is 2. The lowest BCUT2D eigenvalue weighted by molar-refractivity contribution is -0.125. The van der Waals surface area contributed by atoms with Gasteiger partial charge >= 0.3 is 5.97 Å². The Morgan fingerprint density at radius 3 is 2.28 bits per heavy atom. The fraction of sp³-hybridized carbons (Fsp3) is 0.429. The fourth-order valence-electron chi connectivity index (χ4n) is 5.69. The number of esters is 1.